The number of hydrogen-bond donors (Lipinski definition) is 2. The van der Waals surface area contributed by atoms with Crippen LogP contribution in [0.2, 0.25) is 0 Å². The van der Waals surface area contributed by atoms with Gasteiger partial charge in [-0.15, -0.1) is 24.0 Å². The van der Waals surface area contributed by atoms with Crippen LogP contribution in [0, 0.1) is 0 Å². The summed E-state index contributed by atoms with van der Waals surface area (Å²) in [6.45, 7) is 2.57. The molecule has 28 heavy (non-hydrogen) atoms. The van der Waals surface area contributed by atoms with E-state index in [4.69, 9.17) is 0 Å². The molecular weight excluding hydrogens is 485 g/mol. The third-order valence-corrected chi connectivity index (χ3v) is 5.99. The van der Waals surface area contributed by atoms with Gasteiger partial charge in [-0.1, -0.05) is 24.3 Å². The van der Waals surface area contributed by atoms with Crippen molar-refractivity contribution in [3.63, 3.8) is 0 Å². The van der Waals surface area contributed by atoms with Gasteiger partial charge in [0, 0.05) is 49.6 Å². The molecule has 0 bridgehead atoms. The van der Waals surface area contributed by atoms with Crippen LogP contribution in [0.15, 0.2) is 64.6 Å². The topological polar surface area (TPSA) is 69.6 Å². The van der Waals surface area contributed by atoms with Crippen molar-refractivity contribution in [2.45, 2.75) is 23.8 Å². The number of aliphatic imine (C=N–C) groups is 1. The molecule has 1 fully saturated rings. The molecular formula is C20H28IN5OS. The molecule has 1 aromatic heterocycles. The van der Waals surface area contributed by atoms with Crippen molar-refractivity contribution >= 4 is 46.6 Å². The summed E-state index contributed by atoms with van der Waals surface area (Å²) in [6, 6.07) is 16.0. The maximum atomic E-state index is 12.3. The van der Waals surface area contributed by atoms with Crippen LogP contribution >= 0.6 is 24.0 Å². The lowest BCUT2D eigenvalue weighted by Gasteiger charge is -2.33. The lowest BCUT2D eigenvalue weighted by molar-refractivity contribution is 0.460. The zero-order chi connectivity index (χ0) is 18.9. The molecule has 1 aliphatic heterocycles. The molecule has 6 nitrogen and oxygen atoms in total. The molecule has 0 spiro atoms. The van der Waals surface area contributed by atoms with Gasteiger partial charge in [0.25, 0.3) is 0 Å². The number of hydrogen-bond acceptors (Lipinski definition) is 4. The van der Waals surface area contributed by atoms with Gasteiger partial charge in [0.05, 0.1) is 10.8 Å². The van der Waals surface area contributed by atoms with Crippen molar-refractivity contribution in [2.24, 2.45) is 4.99 Å². The van der Waals surface area contributed by atoms with Crippen LogP contribution in [0.3, 0.4) is 0 Å². The van der Waals surface area contributed by atoms with Gasteiger partial charge < -0.3 is 15.5 Å². The van der Waals surface area contributed by atoms with E-state index in [9.17, 15) is 4.21 Å². The maximum absolute atomic E-state index is 12.3. The van der Waals surface area contributed by atoms with Gasteiger partial charge in [-0.2, -0.15) is 0 Å². The standard InChI is InChI=1S/C20H27N5OS.HI/c1-21-20(23-13-16-27(26)18-7-3-2-4-8-18)24-17-10-14-25(15-11-17)19-9-5-6-12-22-19;/h2-9,12,17H,10-11,13-16H2,1H3,(H2,21,23,24);1H. The van der Waals surface area contributed by atoms with Crippen LogP contribution in [0.4, 0.5) is 5.82 Å². The second kappa shape index (κ2) is 12.0. The van der Waals surface area contributed by atoms with Crippen LogP contribution in [-0.2, 0) is 10.8 Å². The molecule has 152 valence electrons. The molecule has 0 amide bonds. The summed E-state index contributed by atoms with van der Waals surface area (Å²) < 4.78 is 12.3. The van der Waals surface area contributed by atoms with Gasteiger partial charge in [-0.05, 0) is 37.1 Å². The third kappa shape index (κ3) is 6.73. The molecule has 1 aromatic carbocycles. The highest BCUT2D eigenvalue weighted by molar-refractivity contribution is 14.0. The van der Waals surface area contributed by atoms with E-state index >= 15 is 0 Å². The molecule has 2 aromatic rings. The Morgan fingerprint density at radius 1 is 1.18 bits per heavy atom. The van der Waals surface area contributed by atoms with Gasteiger partial charge in [0.1, 0.15) is 5.82 Å². The Kier molecular flexibility index (Phi) is 9.69. The Balaban J connectivity index is 0.00000280. The van der Waals surface area contributed by atoms with Crippen LogP contribution in [-0.4, -0.2) is 53.6 Å². The number of guanidine groups is 1. The predicted molar refractivity (Wildman–Crippen MR) is 127 cm³/mol. The minimum absolute atomic E-state index is 0. The second-order valence-electron chi connectivity index (χ2n) is 6.46. The fourth-order valence-corrected chi connectivity index (χ4v) is 4.12. The molecule has 0 radical (unpaired) electrons. The predicted octanol–water partition coefficient (Wildman–Crippen LogP) is 2.64. The molecule has 2 heterocycles. The van der Waals surface area contributed by atoms with Gasteiger partial charge in [-0.25, -0.2) is 4.98 Å². The third-order valence-electron chi connectivity index (χ3n) is 4.62. The quantitative estimate of drug-likeness (QED) is 0.353. The summed E-state index contributed by atoms with van der Waals surface area (Å²) in [4.78, 5) is 11.9. The summed E-state index contributed by atoms with van der Waals surface area (Å²) in [5, 5.41) is 6.76. The van der Waals surface area contributed by atoms with Crippen LogP contribution in [0.1, 0.15) is 12.8 Å². The summed E-state index contributed by atoms with van der Waals surface area (Å²) >= 11 is 0. The van der Waals surface area contributed by atoms with E-state index in [0.717, 1.165) is 42.6 Å². The fourth-order valence-electron chi connectivity index (χ4n) is 3.13. The summed E-state index contributed by atoms with van der Waals surface area (Å²) in [7, 11) is 0.777. The Morgan fingerprint density at radius 3 is 2.54 bits per heavy atom. The van der Waals surface area contributed by atoms with Crippen molar-refractivity contribution in [3.8, 4) is 0 Å². The Labute approximate surface area is 186 Å². The number of benzene rings is 1. The largest absolute Gasteiger partial charge is 0.356 e. The minimum atomic E-state index is -0.993. The molecule has 2 N–H and O–H groups in total. The first-order chi connectivity index (χ1) is 13.3. The van der Waals surface area contributed by atoms with E-state index in [2.05, 4.69) is 31.6 Å². The Hall–Kier alpha value is -1.68. The van der Waals surface area contributed by atoms with Crippen molar-refractivity contribution in [3.05, 3.63) is 54.7 Å². The first-order valence-electron chi connectivity index (χ1n) is 9.33. The van der Waals surface area contributed by atoms with Gasteiger partial charge in [0.15, 0.2) is 5.96 Å². The average molecular weight is 513 g/mol. The number of aromatic nitrogens is 1. The van der Waals surface area contributed by atoms with E-state index in [1.165, 1.54) is 0 Å². The van der Waals surface area contributed by atoms with Crippen LogP contribution < -0.4 is 15.5 Å². The molecule has 1 aliphatic rings. The van der Waals surface area contributed by atoms with E-state index in [1.54, 1.807) is 7.05 Å². The molecule has 1 atom stereocenters. The molecule has 3 rings (SSSR count). The summed E-state index contributed by atoms with van der Waals surface area (Å²) in [5.41, 5.74) is 0. The smallest absolute Gasteiger partial charge is 0.191 e. The van der Waals surface area contributed by atoms with Crippen molar-refractivity contribution < 1.29 is 4.21 Å². The SMILES string of the molecule is CN=C(NCCS(=O)c1ccccc1)NC1CCN(c2ccccn2)CC1.I. The molecule has 8 heteroatoms. The normalized spacial score (nSPS) is 16.2. The second-order valence-corrected chi connectivity index (χ2v) is 8.03. The number of pyridine rings is 1. The molecule has 1 unspecified atom stereocenters. The lowest BCUT2D eigenvalue weighted by atomic mass is 10.1. The van der Waals surface area contributed by atoms with Crippen molar-refractivity contribution in [1.29, 1.82) is 0 Å². The fraction of sp³-hybridized carbons (Fsp3) is 0.400. The highest BCUT2D eigenvalue weighted by Crippen LogP contribution is 2.17. The Morgan fingerprint density at radius 2 is 1.89 bits per heavy atom. The number of anilines is 1. The molecule has 0 saturated carbocycles. The number of nitrogens with one attached hydrogen (secondary N) is 2. The van der Waals surface area contributed by atoms with Gasteiger partial charge >= 0.3 is 0 Å². The van der Waals surface area contributed by atoms with E-state index in [1.807, 2.05) is 48.7 Å². The highest BCUT2D eigenvalue weighted by atomic mass is 127. The van der Waals surface area contributed by atoms with E-state index in [0.29, 0.717) is 18.3 Å². The monoisotopic (exact) mass is 513 g/mol. The first-order valence-corrected chi connectivity index (χ1v) is 10.6. The number of halogens is 1. The average Bonchev–Trinajstić information content (AvgIpc) is 2.74. The van der Waals surface area contributed by atoms with Gasteiger partial charge in [-0.3, -0.25) is 9.20 Å². The number of piperidine rings is 1. The minimum Gasteiger partial charge on any atom is -0.356 e. The summed E-state index contributed by atoms with van der Waals surface area (Å²) in [6.07, 6.45) is 3.91. The van der Waals surface area contributed by atoms with Gasteiger partial charge in [0.2, 0.25) is 0 Å². The lowest BCUT2D eigenvalue weighted by Crippen LogP contribution is -2.49. The highest BCUT2D eigenvalue weighted by Gasteiger charge is 2.20. The zero-order valence-corrected chi connectivity index (χ0v) is 19.2. The maximum Gasteiger partial charge on any atom is 0.191 e. The van der Waals surface area contributed by atoms with Crippen LogP contribution in [0.5, 0.6) is 0 Å². The molecule has 1 saturated heterocycles. The number of rotatable bonds is 6. The van der Waals surface area contributed by atoms with E-state index in [-0.39, 0.29) is 24.0 Å². The first kappa shape index (κ1) is 22.6. The number of nitrogens with zero attached hydrogens (tertiary/aromatic N) is 3. The van der Waals surface area contributed by atoms with Crippen molar-refractivity contribution in [1.82, 2.24) is 15.6 Å². The van der Waals surface area contributed by atoms with Crippen molar-refractivity contribution in [2.75, 3.05) is 37.3 Å². The van der Waals surface area contributed by atoms with Crippen LogP contribution in [0.25, 0.3) is 0 Å². The van der Waals surface area contributed by atoms with E-state index < -0.39 is 10.8 Å². The zero-order valence-electron chi connectivity index (χ0n) is 16.1. The summed E-state index contributed by atoms with van der Waals surface area (Å²) in [5.74, 6) is 2.38. The molecule has 0 aliphatic carbocycles. The Bertz CT molecular complexity index is 752.